The third kappa shape index (κ3) is 2.96. The molecular weight excluding hydrogens is 310 g/mol. The van der Waals surface area contributed by atoms with Crippen molar-refractivity contribution in [1.29, 1.82) is 0 Å². The van der Waals surface area contributed by atoms with E-state index in [2.05, 4.69) is 52.4 Å². The van der Waals surface area contributed by atoms with Crippen molar-refractivity contribution in [2.45, 2.75) is 45.4 Å². The van der Waals surface area contributed by atoms with Gasteiger partial charge < -0.3 is 5.32 Å². The zero-order chi connectivity index (χ0) is 14.0. The Balaban J connectivity index is 1.74. The van der Waals surface area contributed by atoms with E-state index < -0.39 is 0 Å². The third-order valence-electron chi connectivity index (χ3n) is 5.48. The Morgan fingerprint density at radius 2 is 2.05 bits per heavy atom. The lowest BCUT2D eigenvalue weighted by Gasteiger charge is -2.38. The Morgan fingerprint density at radius 1 is 1.25 bits per heavy atom. The molecule has 0 aromatic heterocycles. The van der Waals surface area contributed by atoms with E-state index in [-0.39, 0.29) is 0 Å². The van der Waals surface area contributed by atoms with Crippen molar-refractivity contribution in [3.05, 3.63) is 34.3 Å². The highest BCUT2D eigenvalue weighted by atomic mass is 79.9. The molecule has 0 heterocycles. The SMILES string of the molecule is CCCNCC1(Cc2ccc(Br)cc2)CC2CCC1C2. The maximum atomic E-state index is 3.73. The van der Waals surface area contributed by atoms with Crippen LogP contribution in [0.3, 0.4) is 0 Å². The largest absolute Gasteiger partial charge is 0.316 e. The van der Waals surface area contributed by atoms with E-state index in [1.54, 1.807) is 0 Å². The van der Waals surface area contributed by atoms with Gasteiger partial charge in [0, 0.05) is 11.0 Å². The lowest BCUT2D eigenvalue weighted by Crippen LogP contribution is -2.40. The predicted molar refractivity (Wildman–Crippen MR) is 88.9 cm³/mol. The molecule has 3 atom stereocenters. The molecule has 2 fully saturated rings. The van der Waals surface area contributed by atoms with Crippen LogP contribution < -0.4 is 5.32 Å². The normalized spacial score (nSPS) is 31.9. The molecule has 3 unspecified atom stereocenters. The molecule has 0 saturated heterocycles. The first-order chi connectivity index (χ1) is 9.72. The molecule has 2 aliphatic rings. The summed E-state index contributed by atoms with van der Waals surface area (Å²) in [4.78, 5) is 0. The molecular formula is C18H26BrN. The molecule has 0 aliphatic heterocycles. The molecule has 20 heavy (non-hydrogen) atoms. The number of halogens is 1. The number of fused-ring (bicyclic) bond motifs is 2. The summed E-state index contributed by atoms with van der Waals surface area (Å²) in [6, 6.07) is 8.99. The van der Waals surface area contributed by atoms with Crippen LogP contribution in [0.4, 0.5) is 0 Å². The van der Waals surface area contributed by atoms with Crippen LogP contribution in [0, 0.1) is 17.3 Å². The van der Waals surface area contributed by atoms with Crippen LogP contribution in [0.25, 0.3) is 0 Å². The smallest absolute Gasteiger partial charge is 0.0175 e. The average Bonchev–Trinajstić information content (AvgIpc) is 3.03. The molecule has 0 amide bonds. The molecule has 1 nitrogen and oxygen atoms in total. The van der Waals surface area contributed by atoms with Gasteiger partial charge in [0.25, 0.3) is 0 Å². The lowest BCUT2D eigenvalue weighted by molar-refractivity contribution is 0.156. The maximum Gasteiger partial charge on any atom is 0.0175 e. The first kappa shape index (κ1) is 14.6. The number of hydrogen-bond donors (Lipinski definition) is 1. The van der Waals surface area contributed by atoms with E-state index in [1.165, 1.54) is 61.7 Å². The highest BCUT2D eigenvalue weighted by Gasteiger charge is 2.50. The Hall–Kier alpha value is -0.340. The topological polar surface area (TPSA) is 12.0 Å². The highest BCUT2D eigenvalue weighted by Crippen LogP contribution is 2.57. The van der Waals surface area contributed by atoms with E-state index in [9.17, 15) is 0 Å². The summed E-state index contributed by atoms with van der Waals surface area (Å²) in [5.74, 6) is 1.97. The zero-order valence-corrected chi connectivity index (χ0v) is 14.1. The second-order valence-electron chi connectivity index (χ2n) is 6.92. The Morgan fingerprint density at radius 3 is 2.65 bits per heavy atom. The fourth-order valence-corrected chi connectivity index (χ4v) is 4.84. The zero-order valence-electron chi connectivity index (χ0n) is 12.5. The fourth-order valence-electron chi connectivity index (χ4n) is 4.58. The minimum absolute atomic E-state index is 0.534. The van der Waals surface area contributed by atoms with Gasteiger partial charge in [0.1, 0.15) is 0 Å². The maximum absolute atomic E-state index is 3.73. The molecule has 1 aromatic carbocycles. The van der Waals surface area contributed by atoms with E-state index in [0.717, 1.165) is 11.8 Å². The molecule has 110 valence electrons. The molecule has 2 bridgehead atoms. The van der Waals surface area contributed by atoms with Crippen LogP contribution in [-0.4, -0.2) is 13.1 Å². The van der Waals surface area contributed by atoms with Gasteiger partial charge in [0.2, 0.25) is 0 Å². The van der Waals surface area contributed by atoms with Gasteiger partial charge in [0.05, 0.1) is 0 Å². The van der Waals surface area contributed by atoms with E-state index >= 15 is 0 Å². The van der Waals surface area contributed by atoms with Crippen LogP contribution in [-0.2, 0) is 6.42 Å². The second kappa shape index (κ2) is 6.19. The Labute approximate surface area is 131 Å². The molecule has 2 saturated carbocycles. The number of rotatable bonds is 6. The van der Waals surface area contributed by atoms with Crippen molar-refractivity contribution in [2.75, 3.05) is 13.1 Å². The third-order valence-corrected chi connectivity index (χ3v) is 6.00. The van der Waals surface area contributed by atoms with Gasteiger partial charge in [-0.1, -0.05) is 41.4 Å². The summed E-state index contributed by atoms with van der Waals surface area (Å²) < 4.78 is 1.19. The number of benzene rings is 1. The summed E-state index contributed by atoms with van der Waals surface area (Å²) in [5, 5.41) is 3.73. The summed E-state index contributed by atoms with van der Waals surface area (Å²) >= 11 is 3.54. The van der Waals surface area contributed by atoms with Gasteiger partial charge in [-0.15, -0.1) is 0 Å². The second-order valence-corrected chi connectivity index (χ2v) is 7.84. The van der Waals surface area contributed by atoms with Crippen molar-refractivity contribution in [1.82, 2.24) is 5.32 Å². The quantitative estimate of drug-likeness (QED) is 0.736. The average molecular weight is 336 g/mol. The van der Waals surface area contributed by atoms with Crippen LogP contribution in [0.2, 0.25) is 0 Å². The standard InChI is InChI=1S/C18H26BrN/c1-2-9-20-13-18(12-15-3-6-16(18)10-15)11-14-4-7-17(19)8-5-14/h4-5,7-8,15-16,20H,2-3,6,9-13H2,1H3. The highest BCUT2D eigenvalue weighted by molar-refractivity contribution is 9.10. The summed E-state index contributed by atoms with van der Waals surface area (Å²) in [5.41, 5.74) is 2.05. The number of hydrogen-bond acceptors (Lipinski definition) is 1. The van der Waals surface area contributed by atoms with Crippen molar-refractivity contribution in [3.8, 4) is 0 Å². The molecule has 1 N–H and O–H groups in total. The molecule has 3 rings (SSSR count). The Bertz CT molecular complexity index is 441. The van der Waals surface area contributed by atoms with Crippen molar-refractivity contribution < 1.29 is 0 Å². The Kier molecular flexibility index (Phi) is 4.52. The molecule has 2 aliphatic carbocycles. The minimum Gasteiger partial charge on any atom is -0.316 e. The monoisotopic (exact) mass is 335 g/mol. The van der Waals surface area contributed by atoms with Gasteiger partial charge in [-0.05, 0) is 73.6 Å². The van der Waals surface area contributed by atoms with Crippen LogP contribution in [0.15, 0.2) is 28.7 Å². The number of nitrogens with one attached hydrogen (secondary N) is 1. The fraction of sp³-hybridized carbons (Fsp3) is 0.667. The van der Waals surface area contributed by atoms with Crippen LogP contribution in [0.5, 0.6) is 0 Å². The predicted octanol–water partition coefficient (Wildman–Crippen LogP) is 4.80. The summed E-state index contributed by atoms with van der Waals surface area (Å²) in [7, 11) is 0. The van der Waals surface area contributed by atoms with Gasteiger partial charge >= 0.3 is 0 Å². The van der Waals surface area contributed by atoms with Gasteiger partial charge in [-0.2, -0.15) is 0 Å². The first-order valence-corrected chi connectivity index (χ1v) is 8.96. The van der Waals surface area contributed by atoms with Crippen molar-refractivity contribution in [2.24, 2.45) is 17.3 Å². The van der Waals surface area contributed by atoms with E-state index in [1.807, 2.05) is 0 Å². The molecule has 0 radical (unpaired) electrons. The van der Waals surface area contributed by atoms with Gasteiger partial charge in [-0.25, -0.2) is 0 Å². The van der Waals surface area contributed by atoms with Crippen molar-refractivity contribution in [3.63, 3.8) is 0 Å². The van der Waals surface area contributed by atoms with Crippen LogP contribution >= 0.6 is 15.9 Å². The molecule has 1 aromatic rings. The molecule has 2 heteroatoms. The van der Waals surface area contributed by atoms with Gasteiger partial charge in [-0.3, -0.25) is 0 Å². The molecule has 0 spiro atoms. The van der Waals surface area contributed by atoms with Crippen LogP contribution in [0.1, 0.15) is 44.6 Å². The lowest BCUT2D eigenvalue weighted by atomic mass is 9.69. The summed E-state index contributed by atoms with van der Waals surface area (Å²) in [6.07, 6.45) is 8.39. The van der Waals surface area contributed by atoms with Crippen molar-refractivity contribution >= 4 is 15.9 Å². The van der Waals surface area contributed by atoms with E-state index in [4.69, 9.17) is 0 Å². The minimum atomic E-state index is 0.534. The van der Waals surface area contributed by atoms with Gasteiger partial charge in [0.15, 0.2) is 0 Å². The first-order valence-electron chi connectivity index (χ1n) is 8.17. The summed E-state index contributed by atoms with van der Waals surface area (Å²) in [6.45, 7) is 4.65. The van der Waals surface area contributed by atoms with E-state index in [0.29, 0.717) is 5.41 Å².